The fraction of sp³-hybridized carbons (Fsp3) is 0.222. The third kappa shape index (κ3) is 1.46. The highest BCUT2D eigenvalue weighted by Crippen LogP contribution is 2.21. The molecule has 0 atom stereocenters. The molecular weight excluding hydrogens is 200 g/mol. The van der Waals surface area contributed by atoms with Gasteiger partial charge < -0.3 is 4.74 Å². The molecule has 0 aliphatic heterocycles. The van der Waals surface area contributed by atoms with Crippen LogP contribution in [0.5, 0.6) is 0 Å². The van der Waals surface area contributed by atoms with E-state index in [0.29, 0.717) is 10.7 Å². The topological polar surface area (TPSA) is 52.1 Å². The molecule has 2 aromatic heterocycles. The Bertz CT molecular complexity index is 493. The molecule has 2 aromatic rings. The zero-order chi connectivity index (χ0) is 10.1. The molecule has 0 radical (unpaired) electrons. The van der Waals surface area contributed by atoms with Crippen molar-refractivity contribution in [2.45, 2.75) is 6.92 Å². The van der Waals surface area contributed by atoms with Gasteiger partial charge in [-0.05, 0) is 18.6 Å². The molecule has 0 bridgehead atoms. The summed E-state index contributed by atoms with van der Waals surface area (Å²) in [5.41, 5.74) is 1.65. The summed E-state index contributed by atoms with van der Waals surface area (Å²) in [5, 5.41) is 0.348. The van der Waals surface area contributed by atoms with Gasteiger partial charge in [0.05, 0.1) is 11.8 Å². The Labute approximate surface area is 84.6 Å². The van der Waals surface area contributed by atoms with E-state index in [2.05, 4.69) is 14.7 Å². The van der Waals surface area contributed by atoms with Gasteiger partial charge in [-0.2, -0.15) is 0 Å². The monoisotopic (exact) mass is 208 g/mol. The summed E-state index contributed by atoms with van der Waals surface area (Å²) in [6.07, 6.45) is 1.73. The minimum atomic E-state index is -0.411. The number of hydrogen-bond acceptors (Lipinski definition) is 5. The molecule has 0 N–H and O–H groups in total. The Kier molecular flexibility index (Phi) is 2.17. The summed E-state index contributed by atoms with van der Waals surface area (Å²) in [7, 11) is 1.34. The zero-order valence-electron chi connectivity index (χ0n) is 7.77. The highest BCUT2D eigenvalue weighted by atomic mass is 32.1. The highest BCUT2D eigenvalue weighted by molar-refractivity contribution is 7.20. The summed E-state index contributed by atoms with van der Waals surface area (Å²) in [4.78, 5) is 19.3. The number of carbonyl (C=O) groups is 1. The van der Waals surface area contributed by atoms with Crippen molar-refractivity contribution in [2.24, 2.45) is 0 Å². The number of rotatable bonds is 1. The van der Waals surface area contributed by atoms with Gasteiger partial charge in [0.15, 0.2) is 5.65 Å². The van der Waals surface area contributed by atoms with E-state index >= 15 is 0 Å². The number of nitrogens with zero attached hydrogens (tertiary/aromatic N) is 2. The summed E-state index contributed by atoms with van der Waals surface area (Å²) in [5.74, 6) is -0.411. The van der Waals surface area contributed by atoms with Crippen molar-refractivity contribution < 1.29 is 9.53 Å². The third-order valence-corrected chi connectivity index (χ3v) is 2.72. The van der Waals surface area contributed by atoms with Crippen LogP contribution in [0.1, 0.15) is 15.4 Å². The number of methoxy groups -OCH3 is 1. The van der Waals surface area contributed by atoms with Crippen LogP contribution in [0.4, 0.5) is 0 Å². The van der Waals surface area contributed by atoms with Crippen LogP contribution in [0, 0.1) is 6.92 Å². The number of hydrogen-bond donors (Lipinski definition) is 0. The van der Waals surface area contributed by atoms with Crippen LogP contribution in [-0.4, -0.2) is 23.0 Å². The lowest BCUT2D eigenvalue weighted by molar-refractivity contribution is 0.0600. The molecule has 0 unspecified atom stereocenters. The van der Waals surface area contributed by atoms with E-state index in [1.54, 1.807) is 6.20 Å². The standard InChI is InChI=1S/C9H8N2O2S/c1-5-3-6-7(10-4-5)11-8(14-6)9(12)13-2/h3-4H,1-2H3. The highest BCUT2D eigenvalue weighted by Gasteiger charge is 2.12. The predicted molar refractivity (Wildman–Crippen MR) is 53.5 cm³/mol. The van der Waals surface area contributed by atoms with Crippen molar-refractivity contribution in [3.63, 3.8) is 0 Å². The smallest absolute Gasteiger partial charge is 0.367 e. The van der Waals surface area contributed by atoms with Gasteiger partial charge in [0, 0.05) is 6.20 Å². The molecule has 0 aliphatic rings. The minimum Gasteiger partial charge on any atom is -0.464 e. The van der Waals surface area contributed by atoms with E-state index in [1.807, 2.05) is 13.0 Å². The first-order valence-electron chi connectivity index (χ1n) is 4.02. The Morgan fingerprint density at radius 2 is 2.36 bits per heavy atom. The number of thiazole rings is 1. The van der Waals surface area contributed by atoms with Crippen molar-refractivity contribution in [3.8, 4) is 0 Å². The normalized spacial score (nSPS) is 10.4. The van der Waals surface area contributed by atoms with E-state index in [1.165, 1.54) is 18.4 Å². The Morgan fingerprint density at radius 3 is 3.07 bits per heavy atom. The quantitative estimate of drug-likeness (QED) is 0.670. The summed E-state index contributed by atoms with van der Waals surface area (Å²) in [6.45, 7) is 1.95. The molecule has 14 heavy (non-hydrogen) atoms. The summed E-state index contributed by atoms with van der Waals surface area (Å²) < 4.78 is 5.49. The molecule has 4 nitrogen and oxygen atoms in total. The Hall–Kier alpha value is -1.49. The molecule has 0 aliphatic carbocycles. The average molecular weight is 208 g/mol. The van der Waals surface area contributed by atoms with Crippen molar-refractivity contribution in [1.29, 1.82) is 0 Å². The number of aromatic nitrogens is 2. The van der Waals surface area contributed by atoms with Crippen LogP contribution in [0.2, 0.25) is 0 Å². The second-order valence-corrected chi connectivity index (χ2v) is 3.88. The van der Waals surface area contributed by atoms with Gasteiger partial charge in [-0.25, -0.2) is 14.8 Å². The maximum Gasteiger partial charge on any atom is 0.367 e. The Balaban J connectivity index is 2.56. The van der Waals surface area contributed by atoms with Crippen LogP contribution < -0.4 is 0 Å². The van der Waals surface area contributed by atoms with E-state index < -0.39 is 5.97 Å². The molecule has 0 amide bonds. The molecule has 0 aromatic carbocycles. The zero-order valence-corrected chi connectivity index (χ0v) is 8.59. The number of carbonyl (C=O) groups excluding carboxylic acids is 1. The number of esters is 1. The molecule has 0 spiro atoms. The molecule has 5 heteroatoms. The number of ether oxygens (including phenoxy) is 1. The van der Waals surface area contributed by atoms with Gasteiger partial charge in [-0.3, -0.25) is 0 Å². The molecule has 72 valence electrons. The van der Waals surface area contributed by atoms with E-state index in [9.17, 15) is 4.79 Å². The molecule has 0 fully saturated rings. The fourth-order valence-corrected chi connectivity index (χ4v) is 2.03. The summed E-state index contributed by atoms with van der Waals surface area (Å²) in [6, 6.07) is 1.95. The van der Waals surface area contributed by atoms with Crippen LogP contribution in [-0.2, 0) is 4.74 Å². The summed E-state index contributed by atoms with van der Waals surface area (Å²) >= 11 is 1.30. The lowest BCUT2D eigenvalue weighted by Crippen LogP contribution is -1.99. The van der Waals surface area contributed by atoms with Crippen LogP contribution >= 0.6 is 11.3 Å². The number of pyridine rings is 1. The molecule has 0 saturated heterocycles. The predicted octanol–water partition coefficient (Wildman–Crippen LogP) is 1.79. The Morgan fingerprint density at radius 1 is 1.57 bits per heavy atom. The van der Waals surface area contributed by atoms with Gasteiger partial charge in [0.2, 0.25) is 5.01 Å². The van der Waals surface area contributed by atoms with Gasteiger partial charge in [0.1, 0.15) is 0 Å². The van der Waals surface area contributed by atoms with E-state index in [-0.39, 0.29) is 0 Å². The lowest BCUT2D eigenvalue weighted by Gasteiger charge is -1.89. The van der Waals surface area contributed by atoms with Crippen molar-refractivity contribution in [1.82, 2.24) is 9.97 Å². The fourth-order valence-electron chi connectivity index (χ4n) is 1.09. The average Bonchev–Trinajstić information content (AvgIpc) is 2.59. The first-order valence-corrected chi connectivity index (χ1v) is 4.84. The third-order valence-electron chi connectivity index (χ3n) is 1.74. The van der Waals surface area contributed by atoms with E-state index in [4.69, 9.17) is 0 Å². The molecule has 2 heterocycles. The first-order chi connectivity index (χ1) is 6.70. The van der Waals surface area contributed by atoms with Crippen LogP contribution in [0.3, 0.4) is 0 Å². The van der Waals surface area contributed by atoms with E-state index in [0.717, 1.165) is 10.3 Å². The molecule has 2 rings (SSSR count). The van der Waals surface area contributed by atoms with Crippen molar-refractivity contribution >= 4 is 27.7 Å². The largest absolute Gasteiger partial charge is 0.464 e. The van der Waals surface area contributed by atoms with Crippen molar-refractivity contribution in [2.75, 3.05) is 7.11 Å². The SMILES string of the molecule is COC(=O)c1nc2ncc(C)cc2s1. The van der Waals surface area contributed by atoms with Crippen LogP contribution in [0.25, 0.3) is 10.3 Å². The number of aryl methyl sites for hydroxylation is 1. The minimum absolute atomic E-state index is 0.348. The van der Waals surface area contributed by atoms with Crippen molar-refractivity contribution in [3.05, 3.63) is 22.8 Å². The van der Waals surface area contributed by atoms with Gasteiger partial charge >= 0.3 is 5.97 Å². The van der Waals surface area contributed by atoms with Gasteiger partial charge in [0.25, 0.3) is 0 Å². The van der Waals surface area contributed by atoms with Crippen LogP contribution in [0.15, 0.2) is 12.3 Å². The number of fused-ring (bicyclic) bond motifs is 1. The first kappa shape index (κ1) is 9.08. The maximum absolute atomic E-state index is 11.2. The molecule has 0 saturated carbocycles. The maximum atomic E-state index is 11.2. The second-order valence-electron chi connectivity index (χ2n) is 2.85. The second kappa shape index (κ2) is 3.34. The van der Waals surface area contributed by atoms with Gasteiger partial charge in [-0.1, -0.05) is 0 Å². The molecular formula is C9H8N2O2S. The van der Waals surface area contributed by atoms with Gasteiger partial charge in [-0.15, -0.1) is 11.3 Å². The lowest BCUT2D eigenvalue weighted by atomic mass is 10.3.